The molecule has 0 saturated heterocycles. The van der Waals surface area contributed by atoms with E-state index in [2.05, 4.69) is 73.0 Å². The average Bonchev–Trinajstić information content (AvgIpc) is 2.91. The molecule has 2 rings (SSSR count). The molecule has 1 heterocycles. The molecule has 2 aromatic rings. The van der Waals surface area contributed by atoms with Gasteiger partial charge in [-0.1, -0.05) is 58.0 Å². The van der Waals surface area contributed by atoms with Crippen LogP contribution in [0.4, 0.5) is 0 Å². The number of rotatable bonds is 6. The molecule has 3 heteroatoms. The Balaban J connectivity index is 2.20. The van der Waals surface area contributed by atoms with E-state index < -0.39 is 0 Å². The zero-order valence-corrected chi connectivity index (χ0v) is 13.6. The van der Waals surface area contributed by atoms with E-state index >= 15 is 0 Å². The average molecular weight is 285 g/mol. The third-order valence-electron chi connectivity index (χ3n) is 3.81. The Morgan fingerprint density at radius 2 is 1.90 bits per heavy atom. The third kappa shape index (κ3) is 4.18. The van der Waals surface area contributed by atoms with Crippen LogP contribution in [0.1, 0.15) is 34.1 Å². The highest BCUT2D eigenvalue weighted by Crippen LogP contribution is 2.23. The van der Waals surface area contributed by atoms with Crippen molar-refractivity contribution in [2.45, 2.75) is 46.7 Å². The summed E-state index contributed by atoms with van der Waals surface area (Å²) in [5.74, 6) is 1.04. The molecule has 1 aromatic carbocycles. The van der Waals surface area contributed by atoms with Gasteiger partial charge in [0.15, 0.2) is 0 Å². The highest BCUT2D eigenvalue weighted by molar-refractivity contribution is 5.55. The van der Waals surface area contributed by atoms with Crippen LogP contribution in [0.3, 0.4) is 0 Å². The Hall–Kier alpha value is -1.61. The molecule has 0 aliphatic heterocycles. The summed E-state index contributed by atoms with van der Waals surface area (Å²) in [4.78, 5) is 4.54. The van der Waals surface area contributed by atoms with Crippen molar-refractivity contribution in [2.24, 2.45) is 5.41 Å². The minimum absolute atomic E-state index is 0.216. The smallest absolute Gasteiger partial charge is 0.139 e. The fourth-order valence-corrected chi connectivity index (χ4v) is 2.46. The monoisotopic (exact) mass is 285 g/mol. The number of benzene rings is 1. The van der Waals surface area contributed by atoms with Gasteiger partial charge in [0.25, 0.3) is 0 Å². The van der Waals surface area contributed by atoms with Crippen LogP contribution in [0.2, 0.25) is 0 Å². The molecular formula is C18H27N3. The molecule has 0 bridgehead atoms. The van der Waals surface area contributed by atoms with Gasteiger partial charge in [0.2, 0.25) is 0 Å². The second kappa shape index (κ2) is 6.90. The van der Waals surface area contributed by atoms with Gasteiger partial charge in [-0.2, -0.15) is 0 Å². The van der Waals surface area contributed by atoms with Gasteiger partial charge in [-0.15, -0.1) is 0 Å². The molecule has 0 aliphatic carbocycles. The summed E-state index contributed by atoms with van der Waals surface area (Å²) < 4.78 is 2.26. The van der Waals surface area contributed by atoms with Gasteiger partial charge in [0.1, 0.15) is 5.82 Å². The molecule has 1 unspecified atom stereocenters. The lowest BCUT2D eigenvalue weighted by molar-refractivity contribution is 0.243. The van der Waals surface area contributed by atoms with Gasteiger partial charge in [-0.25, -0.2) is 4.98 Å². The summed E-state index contributed by atoms with van der Waals surface area (Å²) in [5, 5.41) is 3.68. The third-order valence-corrected chi connectivity index (χ3v) is 3.81. The summed E-state index contributed by atoms with van der Waals surface area (Å²) in [6, 6.07) is 10.8. The number of nitrogens with zero attached hydrogens (tertiary/aromatic N) is 2. The Labute approximate surface area is 128 Å². The van der Waals surface area contributed by atoms with Crippen LogP contribution >= 0.6 is 0 Å². The number of aromatic nitrogens is 2. The molecule has 1 atom stereocenters. The topological polar surface area (TPSA) is 29.9 Å². The Kier molecular flexibility index (Phi) is 5.18. The number of imidazole rings is 1. The van der Waals surface area contributed by atoms with Crippen molar-refractivity contribution >= 4 is 0 Å². The predicted octanol–water partition coefficient (Wildman–Crippen LogP) is 3.96. The van der Waals surface area contributed by atoms with Crippen LogP contribution in [0, 0.1) is 5.41 Å². The molecule has 0 spiro atoms. The minimum atomic E-state index is 0.216. The highest BCUT2D eigenvalue weighted by Gasteiger charge is 2.25. The van der Waals surface area contributed by atoms with Crippen molar-refractivity contribution in [3.8, 4) is 11.4 Å². The number of nitrogens with one attached hydrogen (secondary N) is 1. The lowest BCUT2D eigenvalue weighted by atomic mass is 9.86. The van der Waals surface area contributed by atoms with Crippen molar-refractivity contribution in [1.82, 2.24) is 14.9 Å². The molecule has 0 fully saturated rings. The van der Waals surface area contributed by atoms with Gasteiger partial charge in [-0.3, -0.25) is 0 Å². The first-order chi connectivity index (χ1) is 10.0. The van der Waals surface area contributed by atoms with E-state index in [4.69, 9.17) is 0 Å². The molecule has 3 nitrogen and oxygen atoms in total. The molecule has 0 amide bonds. The van der Waals surface area contributed by atoms with Crippen molar-refractivity contribution < 1.29 is 0 Å². The van der Waals surface area contributed by atoms with Gasteiger partial charge in [-0.05, 0) is 18.4 Å². The van der Waals surface area contributed by atoms with E-state index in [-0.39, 0.29) is 5.41 Å². The fourth-order valence-electron chi connectivity index (χ4n) is 2.46. The molecule has 21 heavy (non-hydrogen) atoms. The molecule has 0 saturated carbocycles. The fraction of sp³-hybridized carbons (Fsp3) is 0.500. The van der Waals surface area contributed by atoms with Crippen LogP contribution in [0.25, 0.3) is 11.4 Å². The molecule has 1 aromatic heterocycles. The van der Waals surface area contributed by atoms with E-state index in [9.17, 15) is 0 Å². The SMILES string of the molecule is CCCNC(Cn1ccnc1-c1ccccc1)C(C)(C)C. The largest absolute Gasteiger partial charge is 0.329 e. The van der Waals surface area contributed by atoms with E-state index in [1.165, 1.54) is 5.56 Å². The number of hydrogen-bond acceptors (Lipinski definition) is 2. The predicted molar refractivity (Wildman–Crippen MR) is 89.2 cm³/mol. The maximum atomic E-state index is 4.54. The molecule has 1 N–H and O–H groups in total. The second-order valence-corrected chi connectivity index (χ2v) is 6.64. The Morgan fingerprint density at radius 1 is 1.19 bits per heavy atom. The van der Waals surface area contributed by atoms with E-state index in [0.29, 0.717) is 6.04 Å². The minimum Gasteiger partial charge on any atom is -0.329 e. The zero-order valence-electron chi connectivity index (χ0n) is 13.6. The van der Waals surface area contributed by atoms with Crippen LogP contribution in [0.5, 0.6) is 0 Å². The van der Waals surface area contributed by atoms with E-state index in [0.717, 1.165) is 25.3 Å². The lowest BCUT2D eigenvalue weighted by Gasteiger charge is -2.32. The van der Waals surface area contributed by atoms with Crippen LogP contribution in [0.15, 0.2) is 42.7 Å². The van der Waals surface area contributed by atoms with Crippen molar-refractivity contribution in [1.29, 1.82) is 0 Å². The summed E-state index contributed by atoms with van der Waals surface area (Å²) >= 11 is 0. The Morgan fingerprint density at radius 3 is 2.52 bits per heavy atom. The van der Waals surface area contributed by atoms with Crippen LogP contribution in [-0.2, 0) is 6.54 Å². The zero-order chi connectivity index (χ0) is 15.3. The summed E-state index contributed by atoms with van der Waals surface area (Å²) in [7, 11) is 0. The molecule has 0 radical (unpaired) electrons. The van der Waals surface area contributed by atoms with Gasteiger partial charge >= 0.3 is 0 Å². The highest BCUT2D eigenvalue weighted by atomic mass is 15.1. The first kappa shape index (κ1) is 15.8. The quantitative estimate of drug-likeness (QED) is 0.870. The number of hydrogen-bond donors (Lipinski definition) is 1. The van der Waals surface area contributed by atoms with Crippen molar-refractivity contribution in [3.63, 3.8) is 0 Å². The normalized spacial score (nSPS) is 13.3. The molecule has 0 aliphatic rings. The van der Waals surface area contributed by atoms with E-state index in [1.807, 2.05) is 12.3 Å². The van der Waals surface area contributed by atoms with Crippen molar-refractivity contribution in [2.75, 3.05) is 6.54 Å². The van der Waals surface area contributed by atoms with Crippen LogP contribution in [-0.4, -0.2) is 22.1 Å². The van der Waals surface area contributed by atoms with Gasteiger partial charge in [0, 0.05) is 30.5 Å². The summed E-state index contributed by atoms with van der Waals surface area (Å²) in [6.07, 6.45) is 5.12. The van der Waals surface area contributed by atoms with Crippen LogP contribution < -0.4 is 5.32 Å². The second-order valence-electron chi connectivity index (χ2n) is 6.64. The lowest BCUT2D eigenvalue weighted by Crippen LogP contribution is -2.43. The summed E-state index contributed by atoms with van der Waals surface area (Å²) in [6.45, 7) is 11.1. The van der Waals surface area contributed by atoms with E-state index in [1.54, 1.807) is 0 Å². The first-order valence-electron chi connectivity index (χ1n) is 7.82. The molecular weight excluding hydrogens is 258 g/mol. The maximum absolute atomic E-state index is 4.54. The molecule has 114 valence electrons. The summed E-state index contributed by atoms with van der Waals surface area (Å²) in [5.41, 5.74) is 1.39. The standard InChI is InChI=1S/C18H27N3/c1-5-11-19-16(18(2,3)4)14-21-13-12-20-17(21)15-9-7-6-8-10-15/h6-10,12-13,16,19H,5,11,14H2,1-4H3. The Bertz CT molecular complexity index is 537. The maximum Gasteiger partial charge on any atom is 0.139 e. The van der Waals surface area contributed by atoms with Crippen molar-refractivity contribution in [3.05, 3.63) is 42.7 Å². The van der Waals surface area contributed by atoms with Gasteiger partial charge in [0.05, 0.1) is 0 Å². The first-order valence-corrected chi connectivity index (χ1v) is 7.82. The van der Waals surface area contributed by atoms with Gasteiger partial charge < -0.3 is 9.88 Å².